The maximum absolute atomic E-state index is 13.1. The Balaban J connectivity index is 2.21. The largest absolute Gasteiger partial charge is 0.388 e. The van der Waals surface area contributed by atoms with Crippen LogP contribution in [0.3, 0.4) is 0 Å². The Morgan fingerprint density at radius 1 is 1.05 bits per heavy atom. The molecule has 0 bridgehead atoms. The van der Waals surface area contributed by atoms with Gasteiger partial charge in [-0.3, -0.25) is 0 Å². The second-order valence-electron chi connectivity index (χ2n) is 4.43. The van der Waals surface area contributed by atoms with Crippen molar-refractivity contribution in [1.29, 1.82) is 0 Å². The van der Waals surface area contributed by atoms with Gasteiger partial charge in [0.1, 0.15) is 5.82 Å². The molecular formula is C15H12ClF3O. The Hall–Kier alpha value is -1.52. The molecule has 0 saturated heterocycles. The zero-order valence-corrected chi connectivity index (χ0v) is 11.1. The van der Waals surface area contributed by atoms with E-state index in [1.165, 1.54) is 36.4 Å². The van der Waals surface area contributed by atoms with Crippen LogP contribution in [-0.4, -0.2) is 5.11 Å². The molecule has 0 aliphatic heterocycles. The van der Waals surface area contributed by atoms with E-state index in [1.807, 2.05) is 0 Å². The van der Waals surface area contributed by atoms with E-state index in [0.717, 1.165) is 0 Å². The van der Waals surface area contributed by atoms with Crippen LogP contribution in [0.1, 0.15) is 29.2 Å². The van der Waals surface area contributed by atoms with E-state index in [4.69, 9.17) is 11.6 Å². The number of aliphatic hydroxyl groups is 1. The van der Waals surface area contributed by atoms with E-state index in [1.54, 1.807) is 6.07 Å². The van der Waals surface area contributed by atoms with E-state index in [0.29, 0.717) is 16.1 Å². The fraction of sp³-hybridized carbons (Fsp3) is 0.200. The minimum Gasteiger partial charge on any atom is -0.388 e. The number of rotatable bonds is 4. The lowest BCUT2D eigenvalue weighted by Crippen LogP contribution is -2.03. The van der Waals surface area contributed by atoms with Crippen LogP contribution in [0.5, 0.6) is 0 Å². The third kappa shape index (κ3) is 3.52. The monoisotopic (exact) mass is 300 g/mol. The molecule has 1 N–H and O–H groups in total. The van der Waals surface area contributed by atoms with Crippen molar-refractivity contribution in [1.82, 2.24) is 0 Å². The molecule has 0 spiro atoms. The zero-order valence-electron chi connectivity index (χ0n) is 10.4. The Bertz CT molecular complexity index is 601. The Kier molecular flexibility index (Phi) is 4.68. The summed E-state index contributed by atoms with van der Waals surface area (Å²) in [7, 11) is 0. The molecule has 106 valence electrons. The molecule has 0 aromatic heterocycles. The third-order valence-electron chi connectivity index (χ3n) is 2.97. The fourth-order valence-electron chi connectivity index (χ4n) is 1.93. The van der Waals surface area contributed by atoms with Crippen molar-refractivity contribution in [3.8, 4) is 0 Å². The topological polar surface area (TPSA) is 20.2 Å². The summed E-state index contributed by atoms with van der Waals surface area (Å²) in [5.74, 6) is -0.460. The summed E-state index contributed by atoms with van der Waals surface area (Å²) in [5, 5.41) is 10.4. The first-order valence-corrected chi connectivity index (χ1v) is 6.35. The van der Waals surface area contributed by atoms with Gasteiger partial charge in [0.05, 0.1) is 6.10 Å². The van der Waals surface area contributed by atoms with E-state index in [2.05, 4.69) is 0 Å². The molecule has 0 amide bonds. The van der Waals surface area contributed by atoms with Gasteiger partial charge in [-0.05, 0) is 35.4 Å². The molecule has 1 unspecified atom stereocenters. The SMILES string of the molecule is OC(Cc1cc(F)ccc1Cl)c1cccc(C(F)F)c1. The van der Waals surface area contributed by atoms with Crippen LogP contribution in [0, 0.1) is 5.82 Å². The standard InChI is InChI=1S/C15H12ClF3O/c16-13-5-4-12(17)7-11(13)8-14(20)9-2-1-3-10(6-9)15(18)19/h1-7,14-15,20H,8H2. The number of alkyl halides is 2. The Morgan fingerprint density at radius 3 is 2.45 bits per heavy atom. The molecule has 0 aliphatic carbocycles. The number of benzene rings is 2. The summed E-state index contributed by atoms with van der Waals surface area (Å²) in [5.41, 5.74) is 0.622. The van der Waals surface area contributed by atoms with Gasteiger partial charge in [0.25, 0.3) is 6.43 Å². The predicted octanol–water partition coefficient (Wildman–Crippen LogP) is 4.69. The molecule has 2 rings (SSSR count). The zero-order chi connectivity index (χ0) is 14.7. The minimum atomic E-state index is -2.60. The van der Waals surface area contributed by atoms with Crippen LogP contribution in [0.15, 0.2) is 42.5 Å². The first-order valence-electron chi connectivity index (χ1n) is 5.97. The summed E-state index contributed by atoms with van der Waals surface area (Å²) < 4.78 is 38.3. The lowest BCUT2D eigenvalue weighted by Gasteiger charge is -2.13. The van der Waals surface area contributed by atoms with Gasteiger partial charge in [-0.1, -0.05) is 29.8 Å². The Morgan fingerprint density at radius 2 is 1.75 bits per heavy atom. The van der Waals surface area contributed by atoms with Gasteiger partial charge in [0, 0.05) is 17.0 Å². The van der Waals surface area contributed by atoms with E-state index >= 15 is 0 Å². The Labute approximate surface area is 119 Å². The van der Waals surface area contributed by atoms with Crippen LogP contribution < -0.4 is 0 Å². The van der Waals surface area contributed by atoms with Crippen LogP contribution in [0.4, 0.5) is 13.2 Å². The van der Waals surface area contributed by atoms with E-state index in [-0.39, 0.29) is 12.0 Å². The van der Waals surface area contributed by atoms with Gasteiger partial charge >= 0.3 is 0 Å². The van der Waals surface area contributed by atoms with Crippen LogP contribution in [0.2, 0.25) is 5.02 Å². The molecule has 5 heteroatoms. The van der Waals surface area contributed by atoms with Crippen molar-refractivity contribution in [2.24, 2.45) is 0 Å². The third-order valence-corrected chi connectivity index (χ3v) is 3.34. The van der Waals surface area contributed by atoms with Crippen molar-refractivity contribution < 1.29 is 18.3 Å². The van der Waals surface area contributed by atoms with Gasteiger partial charge in [-0.2, -0.15) is 0 Å². The number of halogens is 4. The van der Waals surface area contributed by atoms with Crippen LogP contribution >= 0.6 is 11.6 Å². The van der Waals surface area contributed by atoms with Crippen molar-refractivity contribution in [3.05, 3.63) is 70.0 Å². The predicted molar refractivity (Wildman–Crippen MR) is 71.5 cm³/mol. The quantitative estimate of drug-likeness (QED) is 0.868. The highest BCUT2D eigenvalue weighted by Gasteiger charge is 2.14. The van der Waals surface area contributed by atoms with Gasteiger partial charge in [0.2, 0.25) is 0 Å². The summed E-state index contributed by atoms with van der Waals surface area (Å²) in [6.45, 7) is 0. The van der Waals surface area contributed by atoms with Gasteiger partial charge in [0.15, 0.2) is 0 Å². The van der Waals surface area contributed by atoms with E-state index in [9.17, 15) is 18.3 Å². The maximum Gasteiger partial charge on any atom is 0.263 e. The lowest BCUT2D eigenvalue weighted by molar-refractivity contribution is 0.149. The number of aliphatic hydroxyl groups excluding tert-OH is 1. The van der Waals surface area contributed by atoms with Crippen molar-refractivity contribution in [2.75, 3.05) is 0 Å². The molecule has 20 heavy (non-hydrogen) atoms. The van der Waals surface area contributed by atoms with Crippen molar-refractivity contribution >= 4 is 11.6 Å². The summed E-state index contributed by atoms with van der Waals surface area (Å²) in [6.07, 6.45) is -3.56. The molecule has 0 fully saturated rings. The van der Waals surface area contributed by atoms with Gasteiger partial charge in [-0.25, -0.2) is 13.2 Å². The molecule has 0 aliphatic rings. The van der Waals surface area contributed by atoms with Crippen molar-refractivity contribution in [3.63, 3.8) is 0 Å². The first-order chi connectivity index (χ1) is 9.47. The molecular weight excluding hydrogens is 289 g/mol. The average Bonchev–Trinajstić information content (AvgIpc) is 2.43. The highest BCUT2D eigenvalue weighted by Crippen LogP contribution is 2.27. The second kappa shape index (κ2) is 6.29. The smallest absolute Gasteiger partial charge is 0.263 e. The van der Waals surface area contributed by atoms with Crippen LogP contribution in [0.25, 0.3) is 0 Å². The molecule has 1 atom stereocenters. The molecule has 2 aromatic carbocycles. The maximum atomic E-state index is 13.1. The van der Waals surface area contributed by atoms with E-state index < -0.39 is 18.3 Å². The summed E-state index contributed by atoms with van der Waals surface area (Å²) in [6, 6.07) is 9.36. The molecule has 2 aromatic rings. The first kappa shape index (κ1) is 14.9. The fourth-order valence-corrected chi connectivity index (χ4v) is 2.12. The highest BCUT2D eigenvalue weighted by atomic mass is 35.5. The minimum absolute atomic E-state index is 0.0588. The second-order valence-corrected chi connectivity index (χ2v) is 4.83. The molecule has 1 nitrogen and oxygen atoms in total. The number of hydrogen-bond acceptors (Lipinski definition) is 1. The number of hydrogen-bond donors (Lipinski definition) is 1. The molecule has 0 radical (unpaired) electrons. The summed E-state index contributed by atoms with van der Waals surface area (Å²) in [4.78, 5) is 0. The van der Waals surface area contributed by atoms with Crippen molar-refractivity contribution in [2.45, 2.75) is 19.0 Å². The normalized spacial score (nSPS) is 12.7. The molecule has 0 heterocycles. The average molecular weight is 301 g/mol. The lowest BCUT2D eigenvalue weighted by atomic mass is 9.99. The highest BCUT2D eigenvalue weighted by molar-refractivity contribution is 6.31. The summed E-state index contributed by atoms with van der Waals surface area (Å²) >= 11 is 5.91. The van der Waals surface area contributed by atoms with Crippen LogP contribution in [-0.2, 0) is 6.42 Å². The van der Waals surface area contributed by atoms with Gasteiger partial charge < -0.3 is 5.11 Å². The van der Waals surface area contributed by atoms with Gasteiger partial charge in [-0.15, -0.1) is 0 Å². The molecule has 0 saturated carbocycles.